The third-order valence-electron chi connectivity index (χ3n) is 6.17. The predicted molar refractivity (Wildman–Crippen MR) is 136 cm³/mol. The first-order valence-electron chi connectivity index (χ1n) is 12.1. The van der Waals surface area contributed by atoms with Crippen molar-refractivity contribution in [2.24, 2.45) is 0 Å². The number of likely N-dealkylation sites (tertiary alicyclic amines) is 1. The number of nitrogens with one attached hydrogen (secondary N) is 2. The van der Waals surface area contributed by atoms with Crippen molar-refractivity contribution in [2.45, 2.75) is 31.8 Å². The van der Waals surface area contributed by atoms with Gasteiger partial charge in [-0.1, -0.05) is 12.1 Å². The van der Waals surface area contributed by atoms with Gasteiger partial charge in [-0.05, 0) is 92.2 Å². The largest absolute Gasteiger partial charge is 0.478 e. The van der Waals surface area contributed by atoms with E-state index in [0.29, 0.717) is 41.8 Å². The summed E-state index contributed by atoms with van der Waals surface area (Å²) in [4.78, 5) is 25.7. The second kappa shape index (κ2) is 12.3. The number of rotatable bonds is 10. The first-order valence-corrected chi connectivity index (χ1v) is 12.1. The number of nitrogens with zero attached hydrogens (tertiary/aromatic N) is 1. The molecule has 0 atom stereocenters. The Labute approximate surface area is 209 Å². The minimum Gasteiger partial charge on any atom is -0.478 e. The normalized spacial score (nSPS) is 14.4. The van der Waals surface area contributed by atoms with Crippen LogP contribution in [0.4, 0.5) is 10.1 Å². The third kappa shape index (κ3) is 7.63. The van der Waals surface area contributed by atoms with E-state index in [4.69, 9.17) is 9.84 Å². The minimum absolute atomic E-state index is 0.0584. The van der Waals surface area contributed by atoms with Gasteiger partial charge in [-0.15, -0.1) is 0 Å². The highest BCUT2D eigenvalue weighted by molar-refractivity contribution is 5.90. The van der Waals surface area contributed by atoms with E-state index in [2.05, 4.69) is 15.5 Å². The van der Waals surface area contributed by atoms with Gasteiger partial charge in [-0.2, -0.15) is 0 Å². The number of aromatic carboxylic acids is 1. The summed E-state index contributed by atoms with van der Waals surface area (Å²) >= 11 is 0. The van der Waals surface area contributed by atoms with Gasteiger partial charge in [0.1, 0.15) is 17.3 Å². The Morgan fingerprint density at radius 1 is 0.917 bits per heavy atom. The number of piperidine rings is 1. The number of ether oxygens (including phenoxy) is 1. The van der Waals surface area contributed by atoms with E-state index in [-0.39, 0.29) is 11.7 Å². The molecule has 0 spiro atoms. The van der Waals surface area contributed by atoms with Crippen LogP contribution in [0, 0.1) is 5.82 Å². The third-order valence-corrected chi connectivity index (χ3v) is 6.17. The molecule has 36 heavy (non-hydrogen) atoms. The van der Waals surface area contributed by atoms with E-state index in [1.807, 2.05) is 12.1 Å². The molecule has 8 heteroatoms. The predicted octanol–water partition coefficient (Wildman–Crippen LogP) is 4.90. The Balaban J connectivity index is 1.12. The van der Waals surface area contributed by atoms with Crippen LogP contribution in [0.1, 0.15) is 35.2 Å². The second-order valence-corrected chi connectivity index (χ2v) is 8.89. The van der Waals surface area contributed by atoms with Crippen molar-refractivity contribution in [3.63, 3.8) is 0 Å². The average Bonchev–Trinajstić information content (AvgIpc) is 2.88. The van der Waals surface area contributed by atoms with Crippen LogP contribution in [0.2, 0.25) is 0 Å². The van der Waals surface area contributed by atoms with Gasteiger partial charge in [-0.25, -0.2) is 9.18 Å². The van der Waals surface area contributed by atoms with Crippen molar-refractivity contribution in [2.75, 3.05) is 25.0 Å². The van der Waals surface area contributed by atoms with E-state index in [1.165, 1.54) is 12.1 Å². The van der Waals surface area contributed by atoms with E-state index < -0.39 is 5.97 Å². The maximum Gasteiger partial charge on any atom is 0.335 e. The van der Waals surface area contributed by atoms with Gasteiger partial charge in [0.25, 0.3) is 0 Å². The van der Waals surface area contributed by atoms with E-state index in [0.717, 1.165) is 38.0 Å². The van der Waals surface area contributed by atoms with E-state index in [9.17, 15) is 14.0 Å². The van der Waals surface area contributed by atoms with Crippen molar-refractivity contribution in [3.05, 3.63) is 89.7 Å². The zero-order valence-corrected chi connectivity index (χ0v) is 20.0. The Hall–Kier alpha value is -3.75. The lowest BCUT2D eigenvalue weighted by Gasteiger charge is -2.32. The molecule has 188 valence electrons. The van der Waals surface area contributed by atoms with Crippen LogP contribution in [-0.4, -0.2) is 47.6 Å². The van der Waals surface area contributed by atoms with E-state index in [1.54, 1.807) is 48.5 Å². The summed E-state index contributed by atoms with van der Waals surface area (Å²) in [5.41, 5.74) is 2.10. The topological polar surface area (TPSA) is 90.9 Å². The number of amides is 1. The summed E-state index contributed by atoms with van der Waals surface area (Å²) in [5.74, 6) is -0.142. The van der Waals surface area contributed by atoms with Gasteiger partial charge in [0.05, 0.1) is 5.56 Å². The van der Waals surface area contributed by atoms with Crippen molar-refractivity contribution in [1.82, 2.24) is 10.2 Å². The fourth-order valence-electron chi connectivity index (χ4n) is 4.16. The molecule has 4 rings (SSSR count). The minimum atomic E-state index is -0.909. The fourth-order valence-corrected chi connectivity index (χ4v) is 4.16. The zero-order chi connectivity index (χ0) is 25.3. The molecule has 1 aliphatic rings. The van der Waals surface area contributed by atoms with Crippen LogP contribution < -0.4 is 15.4 Å². The Kier molecular flexibility index (Phi) is 8.65. The van der Waals surface area contributed by atoms with Gasteiger partial charge >= 0.3 is 5.97 Å². The molecule has 0 unspecified atom stereocenters. The molecule has 3 N–H and O–H groups in total. The zero-order valence-electron chi connectivity index (χ0n) is 20.0. The second-order valence-electron chi connectivity index (χ2n) is 8.89. The molecule has 0 saturated carbocycles. The van der Waals surface area contributed by atoms with Crippen LogP contribution >= 0.6 is 0 Å². The first kappa shape index (κ1) is 25.3. The molecule has 0 bridgehead atoms. The molecule has 0 aromatic heterocycles. The van der Waals surface area contributed by atoms with Crippen molar-refractivity contribution >= 4 is 17.6 Å². The lowest BCUT2D eigenvalue weighted by atomic mass is 10.0. The monoisotopic (exact) mass is 491 g/mol. The molecule has 1 fully saturated rings. The summed E-state index contributed by atoms with van der Waals surface area (Å²) in [6.07, 6.45) is 2.39. The van der Waals surface area contributed by atoms with E-state index >= 15 is 0 Å². The maximum absolute atomic E-state index is 13.0. The number of carbonyl (C=O) groups excluding carboxylic acids is 1. The summed E-state index contributed by atoms with van der Waals surface area (Å²) in [6, 6.07) is 20.3. The molecule has 0 radical (unpaired) electrons. The van der Waals surface area contributed by atoms with Crippen LogP contribution in [0.5, 0.6) is 11.5 Å². The highest BCUT2D eigenvalue weighted by Crippen LogP contribution is 2.23. The fraction of sp³-hybridized carbons (Fsp3) is 0.286. The smallest absolute Gasteiger partial charge is 0.335 e. The average molecular weight is 492 g/mol. The molecule has 1 heterocycles. The molecular weight excluding hydrogens is 461 g/mol. The molecule has 1 amide bonds. The summed E-state index contributed by atoms with van der Waals surface area (Å²) in [7, 11) is 0. The van der Waals surface area contributed by atoms with Crippen LogP contribution in [0.15, 0.2) is 72.8 Å². The summed E-state index contributed by atoms with van der Waals surface area (Å²) < 4.78 is 18.7. The van der Waals surface area contributed by atoms with Gasteiger partial charge in [0, 0.05) is 31.2 Å². The Bertz CT molecular complexity index is 1140. The van der Waals surface area contributed by atoms with Gasteiger partial charge in [-0.3, -0.25) is 9.69 Å². The highest BCUT2D eigenvalue weighted by atomic mass is 19.1. The molecule has 3 aromatic rings. The lowest BCUT2D eigenvalue weighted by molar-refractivity contribution is -0.116. The van der Waals surface area contributed by atoms with Crippen LogP contribution in [-0.2, 0) is 11.3 Å². The molecule has 1 aliphatic heterocycles. The van der Waals surface area contributed by atoms with Crippen molar-refractivity contribution in [3.8, 4) is 11.5 Å². The molecule has 7 nitrogen and oxygen atoms in total. The van der Waals surface area contributed by atoms with Crippen LogP contribution in [0.3, 0.4) is 0 Å². The first-order chi connectivity index (χ1) is 17.4. The number of carboxylic acid groups (broad SMARTS) is 1. The molecule has 3 aromatic carbocycles. The Morgan fingerprint density at radius 2 is 1.53 bits per heavy atom. The molecular formula is C28H30FN3O4. The number of hydrogen-bond acceptors (Lipinski definition) is 5. The quantitative estimate of drug-likeness (QED) is 0.374. The number of carbonyl (C=O) groups is 2. The number of benzene rings is 3. The summed E-state index contributed by atoms with van der Waals surface area (Å²) in [6.45, 7) is 3.33. The Morgan fingerprint density at radius 3 is 2.14 bits per heavy atom. The maximum atomic E-state index is 13.0. The van der Waals surface area contributed by atoms with Gasteiger partial charge in [0.2, 0.25) is 5.91 Å². The molecule has 0 aliphatic carbocycles. The SMILES string of the molecule is O=C(CCNC1CCN(Cc2ccc(C(=O)O)cc2)CC1)Nc1ccc(Oc2ccc(F)cc2)cc1. The number of halogens is 1. The highest BCUT2D eigenvalue weighted by Gasteiger charge is 2.19. The van der Waals surface area contributed by atoms with Gasteiger partial charge in [0.15, 0.2) is 0 Å². The van der Waals surface area contributed by atoms with Crippen molar-refractivity contribution in [1.29, 1.82) is 0 Å². The molecule has 1 saturated heterocycles. The van der Waals surface area contributed by atoms with Gasteiger partial charge < -0.3 is 20.5 Å². The number of hydrogen-bond donors (Lipinski definition) is 3. The van der Waals surface area contributed by atoms with Crippen molar-refractivity contribution < 1.29 is 23.8 Å². The number of anilines is 1. The van der Waals surface area contributed by atoms with Crippen LogP contribution in [0.25, 0.3) is 0 Å². The standard InChI is InChI=1S/C28H30FN3O4/c29-22-5-9-25(10-6-22)36-26-11-7-24(8-12-26)31-27(33)13-16-30-23-14-17-32(18-15-23)19-20-1-3-21(4-2-20)28(34)35/h1-12,23,30H,13-19H2,(H,31,33)(H,34,35). The summed E-state index contributed by atoms with van der Waals surface area (Å²) in [5, 5.41) is 15.4. The number of carboxylic acids is 1. The lowest BCUT2D eigenvalue weighted by Crippen LogP contribution is -2.42.